The van der Waals surface area contributed by atoms with Gasteiger partial charge in [0.25, 0.3) is 0 Å². The molecule has 78 valence electrons. The van der Waals surface area contributed by atoms with Crippen LogP contribution in [0.25, 0.3) is 5.57 Å². The van der Waals surface area contributed by atoms with Gasteiger partial charge in [0.2, 0.25) is 0 Å². The number of rotatable bonds is 3. The average molecular weight is 206 g/mol. The molecule has 1 heterocycles. The zero-order valence-corrected chi connectivity index (χ0v) is 8.08. The number of hydrogen-bond acceptors (Lipinski definition) is 5. The lowest BCUT2D eigenvalue weighted by atomic mass is 10.1. The Morgan fingerprint density at radius 2 is 2.33 bits per heavy atom. The summed E-state index contributed by atoms with van der Waals surface area (Å²) in [6.07, 6.45) is 5.70. The Bertz CT molecular complexity index is 411. The molecule has 0 aliphatic rings. The predicted molar refractivity (Wildman–Crippen MR) is 55.2 cm³/mol. The van der Waals surface area contributed by atoms with Gasteiger partial charge in [0.1, 0.15) is 5.70 Å². The van der Waals surface area contributed by atoms with Gasteiger partial charge in [-0.15, -0.1) is 0 Å². The lowest BCUT2D eigenvalue weighted by Crippen LogP contribution is -2.14. The molecule has 0 fully saturated rings. The Hall–Kier alpha value is -2.24. The number of allylic oxidation sites excluding steroid dienone is 1. The second-order valence-electron chi connectivity index (χ2n) is 2.61. The maximum absolute atomic E-state index is 10.7. The van der Waals surface area contributed by atoms with E-state index in [1.165, 1.54) is 31.9 Å². The molecule has 0 unspecified atom stereocenters. The van der Waals surface area contributed by atoms with E-state index >= 15 is 0 Å². The minimum Gasteiger partial charge on any atom is -0.477 e. The van der Waals surface area contributed by atoms with Crippen molar-refractivity contribution in [3.8, 4) is 0 Å². The highest BCUT2D eigenvalue weighted by Crippen LogP contribution is 2.10. The highest BCUT2D eigenvalue weighted by molar-refractivity contribution is 6.16. The SMILES string of the molecule is CN=CC(=C(N)C(=O)O)c1cnccn1. The van der Waals surface area contributed by atoms with E-state index in [-0.39, 0.29) is 11.3 Å². The molecular formula is C9H10N4O2. The third-order valence-electron chi connectivity index (χ3n) is 1.62. The predicted octanol–water partition coefficient (Wildman–Crippen LogP) is -0.0684. The number of nitrogens with two attached hydrogens (primary N) is 1. The summed E-state index contributed by atoms with van der Waals surface area (Å²) >= 11 is 0. The van der Waals surface area contributed by atoms with Gasteiger partial charge in [0.15, 0.2) is 0 Å². The molecule has 0 saturated carbocycles. The molecule has 0 bridgehead atoms. The summed E-state index contributed by atoms with van der Waals surface area (Å²) in [5, 5.41) is 8.75. The smallest absolute Gasteiger partial charge is 0.352 e. The standard InChI is InChI=1S/C9H10N4O2/c1-11-4-6(8(10)9(14)15)7-5-12-2-3-13-7/h2-5H,10H2,1H3,(H,14,15). The van der Waals surface area contributed by atoms with Gasteiger partial charge in [0.05, 0.1) is 11.9 Å². The molecule has 0 amide bonds. The van der Waals surface area contributed by atoms with Gasteiger partial charge in [0, 0.05) is 31.2 Å². The average Bonchev–Trinajstić information content (AvgIpc) is 2.26. The monoisotopic (exact) mass is 206 g/mol. The Kier molecular flexibility index (Phi) is 3.50. The first kappa shape index (κ1) is 10.8. The Balaban J connectivity index is 3.27. The molecule has 6 heteroatoms. The van der Waals surface area contributed by atoms with Gasteiger partial charge in [-0.2, -0.15) is 0 Å². The number of hydrogen-bond donors (Lipinski definition) is 2. The van der Waals surface area contributed by atoms with E-state index in [0.717, 1.165) is 0 Å². The molecule has 0 radical (unpaired) electrons. The first-order valence-electron chi connectivity index (χ1n) is 4.08. The molecule has 0 aromatic carbocycles. The molecule has 0 spiro atoms. The minimum absolute atomic E-state index is 0.248. The highest BCUT2D eigenvalue weighted by atomic mass is 16.4. The number of nitrogens with zero attached hydrogens (tertiary/aromatic N) is 3. The van der Waals surface area contributed by atoms with Crippen LogP contribution < -0.4 is 5.73 Å². The van der Waals surface area contributed by atoms with Crippen LogP contribution in [0.2, 0.25) is 0 Å². The van der Waals surface area contributed by atoms with Crippen LogP contribution in [0.5, 0.6) is 0 Å². The summed E-state index contributed by atoms with van der Waals surface area (Å²) in [4.78, 5) is 22.2. The fourth-order valence-corrected chi connectivity index (χ4v) is 0.956. The van der Waals surface area contributed by atoms with Crippen LogP contribution in [0.15, 0.2) is 29.3 Å². The molecule has 0 saturated heterocycles. The molecular weight excluding hydrogens is 196 g/mol. The van der Waals surface area contributed by atoms with Gasteiger partial charge in [-0.1, -0.05) is 0 Å². The first-order chi connectivity index (χ1) is 7.16. The lowest BCUT2D eigenvalue weighted by molar-refractivity contribution is -0.132. The summed E-state index contributed by atoms with van der Waals surface area (Å²) in [6, 6.07) is 0. The van der Waals surface area contributed by atoms with Gasteiger partial charge in [-0.25, -0.2) is 4.79 Å². The third-order valence-corrected chi connectivity index (χ3v) is 1.62. The van der Waals surface area contributed by atoms with Crippen molar-refractivity contribution >= 4 is 17.8 Å². The van der Waals surface area contributed by atoms with Crippen LogP contribution in [-0.4, -0.2) is 34.3 Å². The zero-order valence-electron chi connectivity index (χ0n) is 8.08. The molecule has 1 rings (SSSR count). The van der Waals surface area contributed by atoms with E-state index in [9.17, 15) is 4.79 Å². The molecule has 1 aromatic heterocycles. The normalized spacial score (nSPS) is 12.6. The van der Waals surface area contributed by atoms with Gasteiger partial charge in [-0.3, -0.25) is 15.0 Å². The first-order valence-corrected chi connectivity index (χ1v) is 4.08. The summed E-state index contributed by atoms with van der Waals surface area (Å²) in [7, 11) is 1.52. The quantitative estimate of drug-likeness (QED) is 0.532. The van der Waals surface area contributed by atoms with Crippen LogP contribution in [0, 0.1) is 0 Å². The number of aromatic nitrogens is 2. The molecule has 0 aliphatic carbocycles. The van der Waals surface area contributed by atoms with Crippen molar-refractivity contribution < 1.29 is 9.90 Å². The summed E-state index contributed by atoms with van der Waals surface area (Å²) < 4.78 is 0. The number of carboxylic acids is 1. The van der Waals surface area contributed by atoms with Crippen molar-refractivity contribution in [1.29, 1.82) is 0 Å². The summed E-state index contributed by atoms with van der Waals surface area (Å²) in [5.74, 6) is -1.21. The number of aliphatic imine (C=N–C) groups is 1. The van der Waals surface area contributed by atoms with Gasteiger partial charge < -0.3 is 10.8 Å². The van der Waals surface area contributed by atoms with E-state index in [1.54, 1.807) is 0 Å². The van der Waals surface area contributed by atoms with Gasteiger partial charge >= 0.3 is 5.97 Å². The van der Waals surface area contributed by atoms with E-state index < -0.39 is 5.97 Å². The Labute approximate surface area is 86.2 Å². The second-order valence-corrected chi connectivity index (χ2v) is 2.61. The summed E-state index contributed by atoms with van der Waals surface area (Å²) in [6.45, 7) is 0. The highest BCUT2D eigenvalue weighted by Gasteiger charge is 2.11. The number of carboxylic acid groups (broad SMARTS) is 1. The fraction of sp³-hybridized carbons (Fsp3) is 0.111. The number of carbonyl (C=O) groups is 1. The van der Waals surface area contributed by atoms with Crippen molar-refractivity contribution in [3.63, 3.8) is 0 Å². The topological polar surface area (TPSA) is 101 Å². The van der Waals surface area contributed by atoms with Crippen LogP contribution in [-0.2, 0) is 4.79 Å². The van der Waals surface area contributed by atoms with E-state index in [1.807, 2.05) is 0 Å². The fourth-order valence-electron chi connectivity index (χ4n) is 0.956. The molecule has 3 N–H and O–H groups in total. The molecule has 6 nitrogen and oxygen atoms in total. The molecule has 0 atom stereocenters. The van der Waals surface area contributed by atoms with Crippen LogP contribution in [0.3, 0.4) is 0 Å². The van der Waals surface area contributed by atoms with E-state index in [0.29, 0.717) is 5.69 Å². The van der Waals surface area contributed by atoms with Crippen LogP contribution in [0.1, 0.15) is 5.69 Å². The van der Waals surface area contributed by atoms with Crippen molar-refractivity contribution in [3.05, 3.63) is 30.0 Å². The minimum atomic E-state index is -1.21. The third kappa shape index (κ3) is 2.60. The maximum Gasteiger partial charge on any atom is 0.352 e. The van der Waals surface area contributed by atoms with E-state index in [2.05, 4.69) is 15.0 Å². The maximum atomic E-state index is 10.7. The summed E-state index contributed by atoms with van der Waals surface area (Å²) in [5.41, 5.74) is 5.72. The molecule has 0 aliphatic heterocycles. The Morgan fingerprint density at radius 3 is 2.80 bits per heavy atom. The lowest BCUT2D eigenvalue weighted by Gasteiger charge is -2.02. The van der Waals surface area contributed by atoms with Crippen LogP contribution in [0.4, 0.5) is 0 Å². The van der Waals surface area contributed by atoms with Crippen LogP contribution >= 0.6 is 0 Å². The largest absolute Gasteiger partial charge is 0.477 e. The van der Waals surface area contributed by atoms with Gasteiger partial charge in [-0.05, 0) is 0 Å². The van der Waals surface area contributed by atoms with E-state index in [4.69, 9.17) is 10.8 Å². The second kappa shape index (κ2) is 4.85. The van der Waals surface area contributed by atoms with Crippen molar-refractivity contribution in [2.24, 2.45) is 10.7 Å². The Morgan fingerprint density at radius 1 is 1.60 bits per heavy atom. The zero-order chi connectivity index (χ0) is 11.3. The molecule has 1 aromatic rings. The van der Waals surface area contributed by atoms with Crippen molar-refractivity contribution in [2.45, 2.75) is 0 Å². The molecule has 15 heavy (non-hydrogen) atoms. The van der Waals surface area contributed by atoms with Crippen molar-refractivity contribution in [1.82, 2.24) is 9.97 Å². The van der Waals surface area contributed by atoms with Crippen molar-refractivity contribution in [2.75, 3.05) is 7.05 Å². The number of aliphatic carboxylic acids is 1.